The van der Waals surface area contributed by atoms with E-state index in [1.165, 1.54) is 17.1 Å². The average Bonchev–Trinajstić information content (AvgIpc) is 2.61. The van der Waals surface area contributed by atoms with E-state index in [-0.39, 0.29) is 13.2 Å². The minimum atomic E-state index is -4.42. The Morgan fingerprint density at radius 1 is 1.56 bits per heavy atom. The van der Waals surface area contributed by atoms with E-state index in [1.54, 1.807) is 5.32 Å². The van der Waals surface area contributed by atoms with E-state index in [0.29, 0.717) is 5.69 Å². The van der Waals surface area contributed by atoms with Crippen LogP contribution in [0.2, 0.25) is 0 Å². The second-order valence-electron chi connectivity index (χ2n) is 3.09. The lowest BCUT2D eigenvalue weighted by Gasteiger charge is -2.08. The summed E-state index contributed by atoms with van der Waals surface area (Å²) in [5.41, 5.74) is 0.351. The van der Waals surface area contributed by atoms with Gasteiger partial charge in [0.1, 0.15) is 13.1 Å². The van der Waals surface area contributed by atoms with Gasteiger partial charge in [-0.15, -0.1) is 0 Å². The number of alkyl halides is 3. The third kappa shape index (κ3) is 4.30. The number of aliphatic hydroxyl groups is 1. The lowest BCUT2D eigenvalue weighted by Crippen LogP contribution is -2.35. The Balaban J connectivity index is 2.40. The maximum atomic E-state index is 11.7. The van der Waals surface area contributed by atoms with Crippen LogP contribution >= 0.6 is 0 Å². The number of carbonyl (C=O) groups is 1. The van der Waals surface area contributed by atoms with Crippen LogP contribution in [0.25, 0.3) is 0 Å². The van der Waals surface area contributed by atoms with Crippen LogP contribution in [-0.4, -0.2) is 33.3 Å². The molecule has 1 heterocycles. The maximum Gasteiger partial charge on any atom is 0.405 e. The van der Waals surface area contributed by atoms with Crippen molar-refractivity contribution < 1.29 is 23.1 Å². The minimum absolute atomic E-state index is 0.261. The van der Waals surface area contributed by atoms with Gasteiger partial charge in [-0.1, -0.05) is 0 Å². The Bertz CT molecular complexity index is 362. The highest BCUT2D eigenvalue weighted by atomic mass is 19.4. The molecule has 1 aromatic heterocycles. The normalized spacial score (nSPS) is 11.5. The molecule has 0 spiro atoms. The molecule has 0 aliphatic carbocycles. The zero-order valence-corrected chi connectivity index (χ0v) is 8.16. The summed E-state index contributed by atoms with van der Waals surface area (Å²) in [7, 11) is 0. The molecule has 5 nitrogen and oxygen atoms in total. The molecule has 90 valence electrons. The lowest BCUT2D eigenvalue weighted by atomic mass is 10.5. The van der Waals surface area contributed by atoms with E-state index >= 15 is 0 Å². The van der Waals surface area contributed by atoms with E-state index in [4.69, 9.17) is 5.11 Å². The van der Waals surface area contributed by atoms with Crippen LogP contribution in [0.4, 0.5) is 13.2 Å². The molecule has 0 bridgehead atoms. The van der Waals surface area contributed by atoms with Crippen LogP contribution < -0.4 is 5.32 Å². The highest BCUT2D eigenvalue weighted by molar-refractivity contribution is 5.75. The van der Waals surface area contributed by atoms with Crippen molar-refractivity contribution in [1.29, 1.82) is 0 Å². The zero-order valence-electron chi connectivity index (χ0n) is 8.16. The number of rotatable bonds is 4. The highest BCUT2D eigenvalue weighted by Gasteiger charge is 2.27. The summed E-state index contributed by atoms with van der Waals surface area (Å²) in [6.45, 7) is -1.90. The van der Waals surface area contributed by atoms with Crippen molar-refractivity contribution in [3.8, 4) is 0 Å². The molecular weight excluding hydrogens is 227 g/mol. The molecule has 16 heavy (non-hydrogen) atoms. The molecule has 0 aromatic carbocycles. The van der Waals surface area contributed by atoms with Crippen LogP contribution in [0.1, 0.15) is 5.69 Å². The van der Waals surface area contributed by atoms with Gasteiger partial charge in [0.2, 0.25) is 5.91 Å². The van der Waals surface area contributed by atoms with Gasteiger partial charge in [-0.05, 0) is 0 Å². The fourth-order valence-corrected chi connectivity index (χ4v) is 0.995. The molecule has 2 N–H and O–H groups in total. The number of aromatic nitrogens is 2. The minimum Gasteiger partial charge on any atom is -0.390 e. The van der Waals surface area contributed by atoms with E-state index < -0.39 is 18.6 Å². The van der Waals surface area contributed by atoms with E-state index in [2.05, 4.69) is 4.98 Å². The molecule has 0 saturated carbocycles. The van der Waals surface area contributed by atoms with Crippen molar-refractivity contribution >= 4 is 5.91 Å². The van der Waals surface area contributed by atoms with Crippen LogP contribution in [0.3, 0.4) is 0 Å². The molecule has 1 aromatic rings. The summed E-state index contributed by atoms with van der Waals surface area (Å²) in [6, 6.07) is 0. The first kappa shape index (κ1) is 12.5. The number of halogens is 3. The monoisotopic (exact) mass is 237 g/mol. The second kappa shape index (κ2) is 4.97. The fourth-order valence-electron chi connectivity index (χ4n) is 0.995. The van der Waals surface area contributed by atoms with Crippen molar-refractivity contribution in [3.05, 3.63) is 18.2 Å². The van der Waals surface area contributed by atoms with Crippen LogP contribution in [0.5, 0.6) is 0 Å². The van der Waals surface area contributed by atoms with Gasteiger partial charge in [-0.3, -0.25) is 4.79 Å². The number of nitrogens with one attached hydrogen (secondary N) is 1. The number of carbonyl (C=O) groups excluding carboxylic acids is 1. The van der Waals surface area contributed by atoms with E-state index in [9.17, 15) is 18.0 Å². The lowest BCUT2D eigenvalue weighted by molar-refractivity contribution is -0.138. The highest BCUT2D eigenvalue weighted by Crippen LogP contribution is 2.12. The zero-order chi connectivity index (χ0) is 12.2. The number of aliphatic hydroxyl groups excluding tert-OH is 1. The molecule has 1 rings (SSSR count). The number of hydrogen-bond acceptors (Lipinski definition) is 3. The average molecular weight is 237 g/mol. The molecule has 0 aliphatic rings. The van der Waals surface area contributed by atoms with Crippen molar-refractivity contribution in [1.82, 2.24) is 14.9 Å². The predicted octanol–water partition coefficient (Wildman–Crippen LogP) is 0.0539. The summed E-state index contributed by atoms with van der Waals surface area (Å²) in [4.78, 5) is 14.7. The first-order valence-corrected chi connectivity index (χ1v) is 4.35. The fraction of sp³-hybridized carbons (Fsp3) is 0.500. The van der Waals surface area contributed by atoms with Crippen molar-refractivity contribution in [2.75, 3.05) is 6.54 Å². The van der Waals surface area contributed by atoms with Crippen LogP contribution in [-0.2, 0) is 17.9 Å². The smallest absolute Gasteiger partial charge is 0.390 e. The van der Waals surface area contributed by atoms with Crippen molar-refractivity contribution in [2.24, 2.45) is 0 Å². The first-order valence-electron chi connectivity index (χ1n) is 4.35. The Hall–Kier alpha value is -1.57. The molecule has 0 atom stereocenters. The Labute approximate surface area is 88.9 Å². The van der Waals surface area contributed by atoms with Crippen molar-refractivity contribution in [3.63, 3.8) is 0 Å². The molecule has 0 aliphatic heterocycles. The molecular formula is C8H10F3N3O2. The molecule has 0 fully saturated rings. The number of amides is 1. The van der Waals surface area contributed by atoms with Gasteiger partial charge in [-0.25, -0.2) is 4.98 Å². The molecule has 0 saturated heterocycles. The predicted molar refractivity (Wildman–Crippen MR) is 47.2 cm³/mol. The number of hydrogen-bond donors (Lipinski definition) is 2. The van der Waals surface area contributed by atoms with Gasteiger partial charge in [0.15, 0.2) is 0 Å². The van der Waals surface area contributed by atoms with E-state index in [0.717, 1.165) is 0 Å². The summed E-state index contributed by atoms with van der Waals surface area (Å²) in [6.07, 6.45) is -1.77. The molecule has 0 unspecified atom stereocenters. The third-order valence-corrected chi connectivity index (χ3v) is 1.66. The SMILES string of the molecule is O=C(Cn1cnc(CO)c1)NCC(F)(F)F. The van der Waals surface area contributed by atoms with Gasteiger partial charge in [0.25, 0.3) is 0 Å². The summed E-state index contributed by atoms with van der Waals surface area (Å²) in [5, 5.41) is 10.4. The maximum absolute atomic E-state index is 11.7. The topological polar surface area (TPSA) is 67.2 Å². The van der Waals surface area contributed by atoms with Gasteiger partial charge < -0.3 is 15.0 Å². The van der Waals surface area contributed by atoms with Crippen molar-refractivity contribution in [2.45, 2.75) is 19.3 Å². The largest absolute Gasteiger partial charge is 0.405 e. The number of nitrogens with zero attached hydrogens (tertiary/aromatic N) is 2. The van der Waals surface area contributed by atoms with Crippen LogP contribution in [0, 0.1) is 0 Å². The summed E-state index contributed by atoms with van der Waals surface area (Å²) in [5.74, 6) is -0.765. The standard InChI is InChI=1S/C8H10F3N3O2/c9-8(10,11)4-12-7(16)2-14-1-6(3-15)13-5-14/h1,5,15H,2-4H2,(H,12,16). The van der Waals surface area contributed by atoms with Gasteiger partial charge in [-0.2, -0.15) is 13.2 Å². The molecule has 8 heteroatoms. The Kier molecular flexibility index (Phi) is 3.88. The van der Waals surface area contributed by atoms with Gasteiger partial charge >= 0.3 is 6.18 Å². The quantitative estimate of drug-likeness (QED) is 0.777. The first-order chi connectivity index (χ1) is 7.40. The van der Waals surface area contributed by atoms with Gasteiger partial charge in [0.05, 0.1) is 18.6 Å². The third-order valence-electron chi connectivity index (χ3n) is 1.66. The second-order valence-corrected chi connectivity index (χ2v) is 3.09. The summed E-state index contributed by atoms with van der Waals surface area (Å²) >= 11 is 0. The Morgan fingerprint density at radius 2 is 2.25 bits per heavy atom. The molecule has 1 amide bonds. The molecule has 0 radical (unpaired) electrons. The van der Waals surface area contributed by atoms with Gasteiger partial charge in [0, 0.05) is 6.20 Å². The Morgan fingerprint density at radius 3 is 2.75 bits per heavy atom. The van der Waals surface area contributed by atoms with Crippen LogP contribution in [0.15, 0.2) is 12.5 Å². The number of imidazole rings is 1. The van der Waals surface area contributed by atoms with E-state index in [1.807, 2.05) is 0 Å². The summed E-state index contributed by atoms with van der Waals surface area (Å²) < 4.78 is 36.5.